The largest absolute Gasteiger partial charge is 0.375 e. The number of hydrogen-bond acceptors (Lipinski definition) is 7. The van der Waals surface area contributed by atoms with Crippen LogP contribution in [0.3, 0.4) is 0 Å². The fourth-order valence-corrected chi connectivity index (χ4v) is 5.05. The van der Waals surface area contributed by atoms with E-state index in [1.165, 1.54) is 0 Å². The highest BCUT2D eigenvalue weighted by atomic mass is 16.5. The summed E-state index contributed by atoms with van der Waals surface area (Å²) in [5, 5.41) is 6.80. The third-order valence-corrected chi connectivity index (χ3v) is 7.24. The van der Waals surface area contributed by atoms with Gasteiger partial charge in [-0.15, -0.1) is 0 Å². The molecule has 0 aromatic rings. The fourth-order valence-electron chi connectivity index (χ4n) is 5.05. The highest BCUT2D eigenvalue weighted by Gasteiger charge is 2.34. The van der Waals surface area contributed by atoms with Crippen molar-refractivity contribution in [1.82, 2.24) is 25.3 Å². The zero-order valence-corrected chi connectivity index (χ0v) is 23.4. The first kappa shape index (κ1) is 28.8. The number of nitrogens with zero attached hydrogens (tertiary/aromatic N) is 3. The molecule has 3 aliphatic rings. The number of amides is 1. The molecule has 2 aliphatic heterocycles. The lowest BCUT2D eigenvalue weighted by atomic mass is 9.88. The van der Waals surface area contributed by atoms with E-state index in [9.17, 15) is 4.79 Å². The van der Waals surface area contributed by atoms with Crippen molar-refractivity contribution in [1.29, 1.82) is 0 Å². The molecular weight excluding hydrogens is 442 g/mol. The van der Waals surface area contributed by atoms with Crippen LogP contribution < -0.4 is 10.6 Å². The molecule has 204 valence electrons. The maximum atomic E-state index is 12.5. The Balaban J connectivity index is 1.19. The molecule has 0 spiro atoms. The SMILES string of the molecule is CC(C)(C)NCCN1CCC(OC2CC(NC(=O)CN3CCN(CCOC(C)(C)C)CC3)C2)CC1. The molecule has 8 nitrogen and oxygen atoms in total. The van der Waals surface area contributed by atoms with E-state index in [0.717, 1.165) is 91.2 Å². The van der Waals surface area contributed by atoms with Crippen LogP contribution in [-0.2, 0) is 14.3 Å². The molecule has 8 heteroatoms. The van der Waals surface area contributed by atoms with E-state index in [4.69, 9.17) is 9.47 Å². The first-order chi connectivity index (χ1) is 16.4. The normalized spacial score (nSPS) is 26.0. The minimum Gasteiger partial charge on any atom is -0.375 e. The minimum absolute atomic E-state index is 0.0766. The summed E-state index contributed by atoms with van der Waals surface area (Å²) in [6.45, 7) is 23.5. The topological polar surface area (TPSA) is 69.3 Å². The van der Waals surface area contributed by atoms with Crippen molar-refractivity contribution in [2.75, 3.05) is 72.1 Å². The van der Waals surface area contributed by atoms with Gasteiger partial charge < -0.3 is 25.0 Å². The molecule has 0 atom stereocenters. The van der Waals surface area contributed by atoms with Crippen LogP contribution in [0.15, 0.2) is 0 Å². The fraction of sp³-hybridized carbons (Fsp3) is 0.963. The summed E-state index contributed by atoms with van der Waals surface area (Å²) in [4.78, 5) is 19.8. The molecule has 2 heterocycles. The van der Waals surface area contributed by atoms with Crippen LogP contribution in [0.1, 0.15) is 67.2 Å². The second-order valence-electron chi connectivity index (χ2n) is 12.8. The third-order valence-electron chi connectivity index (χ3n) is 7.24. The molecule has 0 radical (unpaired) electrons. The maximum Gasteiger partial charge on any atom is 0.234 e. The highest BCUT2D eigenvalue weighted by Crippen LogP contribution is 2.27. The van der Waals surface area contributed by atoms with Crippen molar-refractivity contribution in [2.45, 2.75) is 96.6 Å². The molecular formula is C27H53N5O3. The van der Waals surface area contributed by atoms with Crippen LogP contribution in [0, 0.1) is 0 Å². The van der Waals surface area contributed by atoms with Gasteiger partial charge in [0.2, 0.25) is 5.91 Å². The number of hydrogen-bond donors (Lipinski definition) is 2. The zero-order chi connectivity index (χ0) is 25.5. The molecule has 0 unspecified atom stereocenters. The van der Waals surface area contributed by atoms with E-state index in [1.807, 2.05) is 0 Å². The van der Waals surface area contributed by atoms with Gasteiger partial charge in [-0.1, -0.05) is 0 Å². The molecule has 3 fully saturated rings. The first-order valence-electron chi connectivity index (χ1n) is 14.0. The number of piperazine rings is 1. The van der Waals surface area contributed by atoms with E-state index in [0.29, 0.717) is 18.8 Å². The number of likely N-dealkylation sites (tertiary alicyclic amines) is 1. The Morgan fingerprint density at radius 3 is 2.03 bits per heavy atom. The molecule has 1 amide bonds. The Hall–Kier alpha value is -0.770. The summed E-state index contributed by atoms with van der Waals surface area (Å²) in [5.74, 6) is 0.162. The summed E-state index contributed by atoms with van der Waals surface area (Å²) in [7, 11) is 0. The predicted molar refractivity (Wildman–Crippen MR) is 142 cm³/mol. The van der Waals surface area contributed by atoms with Gasteiger partial charge in [-0.2, -0.15) is 0 Å². The average Bonchev–Trinajstić information content (AvgIpc) is 2.73. The summed E-state index contributed by atoms with van der Waals surface area (Å²) >= 11 is 0. The monoisotopic (exact) mass is 495 g/mol. The van der Waals surface area contributed by atoms with Crippen molar-refractivity contribution in [3.05, 3.63) is 0 Å². The van der Waals surface area contributed by atoms with Crippen LogP contribution in [0.5, 0.6) is 0 Å². The number of carbonyl (C=O) groups excluding carboxylic acids is 1. The van der Waals surface area contributed by atoms with Crippen molar-refractivity contribution in [3.63, 3.8) is 0 Å². The Morgan fingerprint density at radius 2 is 1.43 bits per heavy atom. The number of rotatable bonds is 11. The number of ether oxygens (including phenoxy) is 2. The standard InChI is InChI=1S/C27H53N5O3/c1-26(2,3)28-9-12-30-10-7-23(8-11-30)35-24-19-22(20-24)29-25(33)21-32-15-13-31(14-16-32)17-18-34-27(4,5)6/h22-24,28H,7-21H2,1-6H3,(H,29,33). The Labute approximate surface area is 214 Å². The van der Waals surface area contributed by atoms with Crippen LogP contribution in [0.2, 0.25) is 0 Å². The van der Waals surface area contributed by atoms with Crippen molar-refractivity contribution >= 4 is 5.91 Å². The molecule has 2 N–H and O–H groups in total. The van der Waals surface area contributed by atoms with Crippen LogP contribution in [0.4, 0.5) is 0 Å². The van der Waals surface area contributed by atoms with Gasteiger partial charge >= 0.3 is 0 Å². The van der Waals surface area contributed by atoms with Gasteiger partial charge in [-0.05, 0) is 67.2 Å². The lowest BCUT2D eigenvalue weighted by molar-refractivity contribution is -0.127. The second-order valence-corrected chi connectivity index (χ2v) is 12.8. The molecule has 1 aliphatic carbocycles. The third kappa shape index (κ3) is 11.4. The Kier molecular flexibility index (Phi) is 10.8. The van der Waals surface area contributed by atoms with Gasteiger partial charge in [-0.3, -0.25) is 14.6 Å². The Morgan fingerprint density at radius 1 is 0.829 bits per heavy atom. The minimum atomic E-state index is -0.0766. The smallest absolute Gasteiger partial charge is 0.234 e. The van der Waals surface area contributed by atoms with Crippen molar-refractivity contribution in [2.24, 2.45) is 0 Å². The Bertz CT molecular complexity index is 626. The van der Waals surface area contributed by atoms with E-state index in [2.05, 4.69) is 66.9 Å². The average molecular weight is 496 g/mol. The van der Waals surface area contributed by atoms with Crippen molar-refractivity contribution in [3.8, 4) is 0 Å². The lowest BCUT2D eigenvalue weighted by Crippen LogP contribution is -2.54. The molecule has 35 heavy (non-hydrogen) atoms. The summed E-state index contributed by atoms with van der Waals surface area (Å²) in [5.41, 5.74) is 0.112. The first-order valence-corrected chi connectivity index (χ1v) is 14.0. The molecule has 0 aromatic heterocycles. The van der Waals surface area contributed by atoms with E-state index in [1.54, 1.807) is 0 Å². The maximum absolute atomic E-state index is 12.5. The lowest BCUT2D eigenvalue weighted by Gasteiger charge is -2.41. The second kappa shape index (κ2) is 13.2. The van der Waals surface area contributed by atoms with Crippen molar-refractivity contribution < 1.29 is 14.3 Å². The molecule has 3 rings (SSSR count). The van der Waals surface area contributed by atoms with Crippen LogP contribution in [0.25, 0.3) is 0 Å². The summed E-state index contributed by atoms with van der Waals surface area (Å²) in [6.07, 6.45) is 4.87. The van der Waals surface area contributed by atoms with Gasteiger partial charge in [0.05, 0.1) is 31.0 Å². The van der Waals surface area contributed by atoms with Crippen LogP contribution in [-0.4, -0.2) is 122 Å². The van der Waals surface area contributed by atoms with Gasteiger partial charge in [0.25, 0.3) is 0 Å². The molecule has 0 bridgehead atoms. The van der Waals surface area contributed by atoms with Gasteiger partial charge in [0.1, 0.15) is 0 Å². The van der Waals surface area contributed by atoms with Gasteiger partial charge in [-0.25, -0.2) is 0 Å². The predicted octanol–water partition coefficient (Wildman–Crippen LogP) is 1.94. The molecule has 2 saturated heterocycles. The van der Waals surface area contributed by atoms with E-state index >= 15 is 0 Å². The quantitative estimate of drug-likeness (QED) is 0.454. The van der Waals surface area contributed by atoms with E-state index < -0.39 is 0 Å². The molecule has 0 aromatic carbocycles. The molecule has 1 saturated carbocycles. The highest BCUT2D eigenvalue weighted by molar-refractivity contribution is 5.78. The van der Waals surface area contributed by atoms with Gasteiger partial charge in [0, 0.05) is 70.5 Å². The van der Waals surface area contributed by atoms with Crippen LogP contribution >= 0.6 is 0 Å². The van der Waals surface area contributed by atoms with Gasteiger partial charge in [0.15, 0.2) is 0 Å². The summed E-state index contributed by atoms with van der Waals surface area (Å²) in [6, 6.07) is 0.284. The number of piperidine rings is 1. The number of carbonyl (C=O) groups is 1. The zero-order valence-electron chi connectivity index (χ0n) is 23.4. The van der Waals surface area contributed by atoms with E-state index in [-0.39, 0.29) is 23.1 Å². The number of nitrogens with one attached hydrogen (secondary N) is 2. The summed E-state index contributed by atoms with van der Waals surface area (Å²) < 4.78 is 12.2.